The Morgan fingerprint density at radius 1 is 1.44 bits per heavy atom. The van der Waals surface area contributed by atoms with Gasteiger partial charge in [-0.05, 0) is 31.9 Å². The number of hydrogen-bond acceptors (Lipinski definition) is 7. The van der Waals surface area contributed by atoms with Gasteiger partial charge in [0, 0.05) is 46.0 Å². The van der Waals surface area contributed by atoms with E-state index in [2.05, 4.69) is 14.9 Å². The Kier molecular flexibility index (Phi) is 5.10. The monoisotopic (exact) mass is 349 g/mol. The Balaban J connectivity index is 1.88. The number of anilines is 2. The van der Waals surface area contributed by atoms with Gasteiger partial charge in [-0.15, -0.1) is 0 Å². The molecule has 0 saturated carbocycles. The topological polar surface area (TPSA) is 93.0 Å². The fraction of sp³-hybridized carbons (Fsp3) is 0.706. The van der Waals surface area contributed by atoms with Crippen molar-refractivity contribution in [2.75, 3.05) is 56.7 Å². The van der Waals surface area contributed by atoms with Crippen LogP contribution in [0.4, 0.5) is 11.8 Å². The molecule has 0 aromatic carbocycles. The lowest BCUT2D eigenvalue weighted by Crippen LogP contribution is -2.64. The molecule has 2 atom stereocenters. The molecule has 2 fully saturated rings. The third-order valence-electron chi connectivity index (χ3n) is 5.47. The number of nitrogens with zero attached hydrogens (tertiary/aromatic N) is 5. The van der Waals surface area contributed by atoms with Crippen molar-refractivity contribution in [3.8, 4) is 0 Å². The van der Waals surface area contributed by atoms with E-state index < -0.39 is 11.4 Å². The minimum absolute atomic E-state index is 0.0424. The molecule has 0 amide bonds. The highest BCUT2D eigenvalue weighted by molar-refractivity contribution is 5.77. The van der Waals surface area contributed by atoms with Crippen LogP contribution in [0.1, 0.15) is 19.3 Å². The summed E-state index contributed by atoms with van der Waals surface area (Å²) in [6.45, 7) is 2.58. The second-order valence-electron chi connectivity index (χ2n) is 7.16. The van der Waals surface area contributed by atoms with Gasteiger partial charge in [0.05, 0.1) is 6.61 Å². The van der Waals surface area contributed by atoms with Crippen molar-refractivity contribution in [2.24, 2.45) is 5.41 Å². The summed E-state index contributed by atoms with van der Waals surface area (Å²) < 4.78 is 0. The summed E-state index contributed by atoms with van der Waals surface area (Å²) in [4.78, 5) is 27.2. The number of likely N-dealkylation sites (tertiary alicyclic amines) is 1. The van der Waals surface area contributed by atoms with Crippen LogP contribution in [-0.2, 0) is 4.79 Å². The number of carbonyl (C=O) groups is 1. The lowest BCUT2D eigenvalue weighted by Gasteiger charge is -2.52. The summed E-state index contributed by atoms with van der Waals surface area (Å²) in [7, 11) is 3.84. The molecule has 2 N–H and O–H groups in total. The fourth-order valence-corrected chi connectivity index (χ4v) is 4.24. The Morgan fingerprint density at radius 3 is 2.92 bits per heavy atom. The molecule has 2 saturated heterocycles. The average molecular weight is 349 g/mol. The lowest BCUT2D eigenvalue weighted by molar-refractivity contribution is -0.158. The molecular formula is C17H27N5O3. The standard InChI is InChI=1S/C17H27N5O3/c1-20(2)14-4-7-18-16(19-14)22-9-5-13-17(12-22,15(24)25)6-3-8-21(13)10-11-23/h4,7,13,23H,3,5-6,8-12H2,1-2H3,(H,24,25)/t13-,17+/m1/s1. The Hall–Kier alpha value is -1.93. The number of hydrogen-bond donors (Lipinski definition) is 2. The van der Waals surface area contributed by atoms with E-state index in [9.17, 15) is 15.0 Å². The van der Waals surface area contributed by atoms with Gasteiger partial charge in [-0.1, -0.05) is 0 Å². The van der Waals surface area contributed by atoms with Crippen LogP contribution in [0, 0.1) is 5.41 Å². The summed E-state index contributed by atoms with van der Waals surface area (Å²) in [5.41, 5.74) is -0.830. The highest BCUT2D eigenvalue weighted by Crippen LogP contribution is 2.42. The number of aliphatic hydroxyl groups is 1. The maximum absolute atomic E-state index is 12.2. The predicted molar refractivity (Wildman–Crippen MR) is 94.9 cm³/mol. The number of piperidine rings is 2. The molecule has 0 bridgehead atoms. The van der Waals surface area contributed by atoms with Gasteiger partial charge >= 0.3 is 5.97 Å². The summed E-state index contributed by atoms with van der Waals surface area (Å²) in [6, 6.07) is 1.80. The predicted octanol–water partition coefficient (Wildman–Crippen LogP) is 0.280. The van der Waals surface area contributed by atoms with Gasteiger partial charge in [-0.25, -0.2) is 4.98 Å². The molecule has 0 spiro atoms. The summed E-state index contributed by atoms with van der Waals surface area (Å²) in [5, 5.41) is 19.4. The first kappa shape index (κ1) is 17.9. The molecule has 1 aromatic heterocycles. The SMILES string of the molecule is CN(C)c1ccnc(N2CC[C@H]3N(CCO)CCC[C@]3(C(=O)O)C2)n1. The van der Waals surface area contributed by atoms with Gasteiger partial charge < -0.3 is 20.0 Å². The zero-order valence-electron chi connectivity index (χ0n) is 14.9. The second-order valence-corrected chi connectivity index (χ2v) is 7.16. The Morgan fingerprint density at radius 2 is 2.24 bits per heavy atom. The summed E-state index contributed by atoms with van der Waals surface area (Å²) >= 11 is 0. The Bertz CT molecular complexity index is 624. The van der Waals surface area contributed by atoms with E-state index in [0.717, 1.165) is 31.7 Å². The normalized spacial score (nSPS) is 27.0. The molecule has 0 radical (unpaired) electrons. The molecule has 2 aliphatic heterocycles. The van der Waals surface area contributed by atoms with Crippen molar-refractivity contribution >= 4 is 17.7 Å². The lowest BCUT2D eigenvalue weighted by atomic mass is 9.69. The third-order valence-corrected chi connectivity index (χ3v) is 5.47. The maximum Gasteiger partial charge on any atom is 0.313 e. The quantitative estimate of drug-likeness (QED) is 0.783. The number of β-amino-alcohol motifs (C(OH)–C–C–N with tert-alkyl or cyclic N) is 1. The first-order chi connectivity index (χ1) is 12.0. The van der Waals surface area contributed by atoms with Crippen LogP contribution in [0.3, 0.4) is 0 Å². The van der Waals surface area contributed by atoms with Gasteiger partial charge in [-0.2, -0.15) is 4.98 Å². The van der Waals surface area contributed by atoms with Crippen molar-refractivity contribution in [3.63, 3.8) is 0 Å². The first-order valence-corrected chi connectivity index (χ1v) is 8.81. The van der Waals surface area contributed by atoms with Gasteiger partial charge in [0.25, 0.3) is 0 Å². The van der Waals surface area contributed by atoms with Gasteiger partial charge in [0.1, 0.15) is 11.2 Å². The van der Waals surface area contributed by atoms with Crippen molar-refractivity contribution in [3.05, 3.63) is 12.3 Å². The molecule has 8 nitrogen and oxygen atoms in total. The van der Waals surface area contributed by atoms with Crippen molar-refractivity contribution in [1.29, 1.82) is 0 Å². The van der Waals surface area contributed by atoms with E-state index in [1.165, 1.54) is 0 Å². The number of carboxylic acids is 1. The van der Waals surface area contributed by atoms with E-state index in [1.54, 1.807) is 6.20 Å². The first-order valence-electron chi connectivity index (χ1n) is 8.81. The molecule has 25 heavy (non-hydrogen) atoms. The maximum atomic E-state index is 12.2. The zero-order valence-corrected chi connectivity index (χ0v) is 14.9. The molecule has 1 aromatic rings. The van der Waals surface area contributed by atoms with E-state index in [0.29, 0.717) is 25.5 Å². The van der Waals surface area contributed by atoms with Crippen LogP contribution in [0.2, 0.25) is 0 Å². The number of aliphatic hydroxyl groups excluding tert-OH is 1. The van der Waals surface area contributed by atoms with Crippen LogP contribution >= 0.6 is 0 Å². The molecule has 3 heterocycles. The zero-order chi connectivity index (χ0) is 18.0. The minimum atomic E-state index is -0.830. The summed E-state index contributed by atoms with van der Waals surface area (Å²) in [5.74, 6) is 0.639. The highest BCUT2D eigenvalue weighted by atomic mass is 16.4. The number of aromatic nitrogens is 2. The van der Waals surface area contributed by atoms with Crippen LogP contribution < -0.4 is 9.80 Å². The number of rotatable bonds is 5. The largest absolute Gasteiger partial charge is 0.481 e. The molecule has 2 aliphatic rings. The molecule has 138 valence electrons. The molecule has 3 rings (SSSR count). The fourth-order valence-electron chi connectivity index (χ4n) is 4.24. The summed E-state index contributed by atoms with van der Waals surface area (Å²) in [6.07, 6.45) is 3.94. The molecule has 8 heteroatoms. The second kappa shape index (κ2) is 7.13. The third kappa shape index (κ3) is 3.28. The molecule has 0 unspecified atom stereocenters. The molecular weight excluding hydrogens is 322 g/mol. The van der Waals surface area contributed by atoms with E-state index in [1.807, 2.05) is 30.0 Å². The number of fused-ring (bicyclic) bond motifs is 1. The van der Waals surface area contributed by atoms with E-state index in [4.69, 9.17) is 0 Å². The van der Waals surface area contributed by atoms with Crippen LogP contribution in [0.5, 0.6) is 0 Å². The van der Waals surface area contributed by atoms with E-state index >= 15 is 0 Å². The van der Waals surface area contributed by atoms with Crippen molar-refractivity contribution < 1.29 is 15.0 Å². The van der Waals surface area contributed by atoms with Gasteiger partial charge in [0.15, 0.2) is 0 Å². The van der Waals surface area contributed by atoms with Gasteiger partial charge in [-0.3, -0.25) is 9.69 Å². The highest BCUT2D eigenvalue weighted by Gasteiger charge is 2.53. The smallest absolute Gasteiger partial charge is 0.313 e. The van der Waals surface area contributed by atoms with Crippen molar-refractivity contribution in [1.82, 2.24) is 14.9 Å². The van der Waals surface area contributed by atoms with Crippen LogP contribution in [0.25, 0.3) is 0 Å². The van der Waals surface area contributed by atoms with Gasteiger partial charge in [0.2, 0.25) is 5.95 Å². The number of aliphatic carboxylic acids is 1. The van der Waals surface area contributed by atoms with Crippen LogP contribution in [-0.4, -0.2) is 84.0 Å². The number of carboxylic acid groups (broad SMARTS) is 1. The molecule has 0 aliphatic carbocycles. The van der Waals surface area contributed by atoms with E-state index in [-0.39, 0.29) is 12.6 Å². The Labute approximate surface area is 148 Å². The minimum Gasteiger partial charge on any atom is -0.481 e. The van der Waals surface area contributed by atoms with Crippen molar-refractivity contribution in [2.45, 2.75) is 25.3 Å². The van der Waals surface area contributed by atoms with Crippen LogP contribution in [0.15, 0.2) is 12.3 Å². The average Bonchev–Trinajstić information content (AvgIpc) is 2.61.